The standard InChI is InChI=1S/C25H50N2O3/c1-7-9-10-11-14-25(6,8-2)23(28)26-20-22-21-27(16-19-30-22)15-18-29-17-12-13-24(3,4)5/h22H,7-21H2,1-6H3,(H,26,28)/t22-,25?/m0/s1. The van der Waals surface area contributed by atoms with Gasteiger partial charge in [0, 0.05) is 38.2 Å². The van der Waals surface area contributed by atoms with Crippen LogP contribution in [0.25, 0.3) is 0 Å². The molecule has 1 rings (SSSR count). The number of hydrogen-bond donors (Lipinski definition) is 1. The highest BCUT2D eigenvalue weighted by Crippen LogP contribution is 2.29. The van der Waals surface area contributed by atoms with E-state index in [1.807, 2.05) is 0 Å². The highest BCUT2D eigenvalue weighted by Gasteiger charge is 2.31. The number of ether oxygens (including phenoxy) is 2. The molecule has 1 amide bonds. The van der Waals surface area contributed by atoms with Gasteiger partial charge in [-0.05, 0) is 31.1 Å². The highest BCUT2D eigenvalue weighted by atomic mass is 16.5. The fourth-order valence-electron chi connectivity index (χ4n) is 3.92. The number of rotatable bonds is 15. The Kier molecular flexibility index (Phi) is 13.2. The lowest BCUT2D eigenvalue weighted by molar-refractivity contribution is -0.132. The molecule has 1 N–H and O–H groups in total. The molecule has 1 unspecified atom stereocenters. The first-order chi connectivity index (χ1) is 14.2. The Hall–Kier alpha value is -0.650. The molecule has 0 spiro atoms. The molecule has 5 heteroatoms. The topological polar surface area (TPSA) is 50.8 Å². The molecule has 0 aromatic rings. The van der Waals surface area contributed by atoms with Gasteiger partial charge in [0.15, 0.2) is 0 Å². The first-order valence-electron chi connectivity index (χ1n) is 12.4. The zero-order valence-corrected chi connectivity index (χ0v) is 20.9. The Bertz CT molecular complexity index is 464. The van der Waals surface area contributed by atoms with Crippen molar-refractivity contribution in [2.45, 2.75) is 99.0 Å². The first-order valence-corrected chi connectivity index (χ1v) is 12.4. The van der Waals surface area contributed by atoms with Gasteiger partial charge in [0.05, 0.1) is 19.3 Å². The van der Waals surface area contributed by atoms with Crippen LogP contribution >= 0.6 is 0 Å². The summed E-state index contributed by atoms with van der Waals surface area (Å²) < 4.78 is 11.7. The quantitative estimate of drug-likeness (QED) is 0.373. The van der Waals surface area contributed by atoms with E-state index in [1.54, 1.807) is 0 Å². The van der Waals surface area contributed by atoms with Crippen molar-refractivity contribution in [2.24, 2.45) is 10.8 Å². The van der Waals surface area contributed by atoms with Crippen molar-refractivity contribution >= 4 is 5.91 Å². The Balaban J connectivity index is 2.26. The number of hydrogen-bond acceptors (Lipinski definition) is 4. The molecule has 0 aromatic heterocycles. The summed E-state index contributed by atoms with van der Waals surface area (Å²) in [5, 5.41) is 3.18. The third kappa shape index (κ3) is 11.7. The fourth-order valence-corrected chi connectivity index (χ4v) is 3.92. The predicted octanol–water partition coefficient (Wildman–Crippen LogP) is 5.03. The molecule has 2 atom stereocenters. The number of carbonyl (C=O) groups is 1. The summed E-state index contributed by atoms with van der Waals surface area (Å²) in [5.41, 5.74) is 0.123. The number of nitrogens with one attached hydrogen (secondary N) is 1. The third-order valence-corrected chi connectivity index (χ3v) is 6.39. The molecule has 1 aliphatic rings. The van der Waals surface area contributed by atoms with Crippen molar-refractivity contribution in [3.8, 4) is 0 Å². The normalized spacial score (nSPS) is 20.1. The Morgan fingerprint density at radius 3 is 2.50 bits per heavy atom. The first kappa shape index (κ1) is 27.4. The highest BCUT2D eigenvalue weighted by molar-refractivity contribution is 5.82. The monoisotopic (exact) mass is 426 g/mol. The second kappa shape index (κ2) is 14.4. The summed E-state index contributed by atoms with van der Waals surface area (Å²) in [6.07, 6.45) is 9.09. The molecule has 0 aliphatic carbocycles. The van der Waals surface area contributed by atoms with Gasteiger partial charge in [-0.2, -0.15) is 0 Å². The van der Waals surface area contributed by atoms with Crippen molar-refractivity contribution in [1.29, 1.82) is 0 Å². The van der Waals surface area contributed by atoms with Crippen LogP contribution in [0.15, 0.2) is 0 Å². The van der Waals surface area contributed by atoms with Crippen molar-refractivity contribution < 1.29 is 14.3 Å². The van der Waals surface area contributed by atoms with Gasteiger partial charge < -0.3 is 14.8 Å². The summed E-state index contributed by atoms with van der Waals surface area (Å²) in [5.74, 6) is 0.185. The molecule has 5 nitrogen and oxygen atoms in total. The summed E-state index contributed by atoms with van der Waals surface area (Å²) in [7, 11) is 0. The molecule has 0 radical (unpaired) electrons. The van der Waals surface area contributed by atoms with E-state index < -0.39 is 0 Å². The van der Waals surface area contributed by atoms with Gasteiger partial charge in [-0.1, -0.05) is 67.2 Å². The van der Waals surface area contributed by atoms with Crippen LogP contribution in [-0.4, -0.2) is 62.9 Å². The largest absolute Gasteiger partial charge is 0.380 e. The minimum absolute atomic E-state index is 0.0739. The van der Waals surface area contributed by atoms with Crippen LogP contribution in [-0.2, 0) is 14.3 Å². The average molecular weight is 427 g/mol. The minimum atomic E-state index is -0.261. The molecule has 1 saturated heterocycles. The number of morpholine rings is 1. The van der Waals surface area contributed by atoms with Gasteiger partial charge in [-0.15, -0.1) is 0 Å². The van der Waals surface area contributed by atoms with Crippen LogP contribution in [0.5, 0.6) is 0 Å². The predicted molar refractivity (Wildman–Crippen MR) is 126 cm³/mol. The number of unbranched alkanes of at least 4 members (excludes halogenated alkanes) is 3. The molecule has 0 aromatic carbocycles. The molecular weight excluding hydrogens is 376 g/mol. The number of nitrogens with zero attached hydrogens (tertiary/aromatic N) is 1. The Labute approximate surface area is 186 Å². The average Bonchev–Trinajstić information content (AvgIpc) is 2.71. The minimum Gasteiger partial charge on any atom is -0.380 e. The van der Waals surface area contributed by atoms with Crippen LogP contribution in [0.4, 0.5) is 0 Å². The molecule has 0 bridgehead atoms. The van der Waals surface area contributed by atoms with E-state index in [4.69, 9.17) is 9.47 Å². The zero-order chi connectivity index (χ0) is 22.5. The lowest BCUT2D eigenvalue weighted by Gasteiger charge is -2.34. The number of carbonyl (C=O) groups excluding carboxylic acids is 1. The lowest BCUT2D eigenvalue weighted by Crippen LogP contribution is -2.50. The van der Waals surface area contributed by atoms with E-state index in [-0.39, 0.29) is 17.4 Å². The van der Waals surface area contributed by atoms with E-state index in [1.165, 1.54) is 25.7 Å². The molecule has 0 saturated carbocycles. The lowest BCUT2D eigenvalue weighted by atomic mass is 9.81. The molecule has 1 aliphatic heterocycles. The molecule has 30 heavy (non-hydrogen) atoms. The van der Waals surface area contributed by atoms with Crippen LogP contribution < -0.4 is 5.32 Å². The number of amides is 1. The van der Waals surface area contributed by atoms with E-state index in [9.17, 15) is 4.79 Å². The van der Waals surface area contributed by atoms with Crippen LogP contribution in [0.2, 0.25) is 0 Å². The van der Waals surface area contributed by atoms with Crippen LogP contribution in [0, 0.1) is 10.8 Å². The zero-order valence-electron chi connectivity index (χ0n) is 20.9. The smallest absolute Gasteiger partial charge is 0.226 e. The Morgan fingerprint density at radius 2 is 1.83 bits per heavy atom. The summed E-state index contributed by atoms with van der Waals surface area (Å²) in [4.78, 5) is 15.2. The second-order valence-electron chi connectivity index (χ2n) is 10.5. The summed E-state index contributed by atoms with van der Waals surface area (Å²) in [6.45, 7) is 19.0. The van der Waals surface area contributed by atoms with Crippen LogP contribution in [0.1, 0.15) is 92.9 Å². The third-order valence-electron chi connectivity index (χ3n) is 6.39. The summed E-state index contributed by atoms with van der Waals surface area (Å²) >= 11 is 0. The van der Waals surface area contributed by atoms with Crippen molar-refractivity contribution in [3.63, 3.8) is 0 Å². The van der Waals surface area contributed by atoms with E-state index in [0.29, 0.717) is 12.0 Å². The van der Waals surface area contributed by atoms with Crippen LogP contribution in [0.3, 0.4) is 0 Å². The van der Waals surface area contributed by atoms with Crippen molar-refractivity contribution in [3.05, 3.63) is 0 Å². The van der Waals surface area contributed by atoms with E-state index in [2.05, 4.69) is 51.8 Å². The summed E-state index contributed by atoms with van der Waals surface area (Å²) in [6, 6.07) is 0. The molecule has 178 valence electrons. The van der Waals surface area contributed by atoms with Gasteiger partial charge in [-0.25, -0.2) is 0 Å². The van der Waals surface area contributed by atoms with Gasteiger partial charge in [-0.3, -0.25) is 9.69 Å². The Morgan fingerprint density at radius 1 is 1.07 bits per heavy atom. The molecular formula is C25H50N2O3. The maximum atomic E-state index is 12.8. The van der Waals surface area contributed by atoms with Gasteiger partial charge >= 0.3 is 0 Å². The maximum Gasteiger partial charge on any atom is 0.226 e. The molecule has 1 heterocycles. The molecule has 1 fully saturated rings. The fraction of sp³-hybridized carbons (Fsp3) is 0.960. The van der Waals surface area contributed by atoms with Gasteiger partial charge in [0.25, 0.3) is 0 Å². The van der Waals surface area contributed by atoms with Crippen molar-refractivity contribution in [2.75, 3.05) is 46.0 Å². The van der Waals surface area contributed by atoms with Crippen molar-refractivity contribution in [1.82, 2.24) is 10.2 Å². The van der Waals surface area contributed by atoms with E-state index >= 15 is 0 Å². The van der Waals surface area contributed by atoms with Gasteiger partial charge in [0.1, 0.15) is 0 Å². The maximum absolute atomic E-state index is 12.8. The van der Waals surface area contributed by atoms with Gasteiger partial charge in [0.2, 0.25) is 5.91 Å². The van der Waals surface area contributed by atoms with E-state index in [0.717, 1.165) is 65.1 Å². The SMILES string of the molecule is CCCCCCC(C)(CC)C(=O)NC[C@H]1CN(CCOCCCC(C)(C)C)CCO1. The second-order valence-corrected chi connectivity index (χ2v) is 10.5.